The molecule has 13 heavy (non-hydrogen) atoms. The molecule has 2 aromatic rings. The molecule has 1 heterocycles. The van der Waals surface area contributed by atoms with Crippen molar-refractivity contribution >= 4 is 32.5 Å². The van der Waals surface area contributed by atoms with Crippen molar-refractivity contribution in [2.45, 2.75) is 0 Å². The third-order valence-electron chi connectivity index (χ3n) is 2.02. The summed E-state index contributed by atoms with van der Waals surface area (Å²) in [5.74, 6) is 0. The van der Waals surface area contributed by atoms with Crippen LogP contribution in [0.4, 0.5) is 0 Å². The van der Waals surface area contributed by atoms with Crippen LogP contribution in [-0.2, 0) is 0 Å². The lowest BCUT2D eigenvalue weighted by molar-refractivity contribution is 0.615. The van der Waals surface area contributed by atoms with Crippen molar-refractivity contribution in [2.24, 2.45) is 0 Å². The Morgan fingerprint density at radius 1 is 1.38 bits per heavy atom. The zero-order valence-corrected chi connectivity index (χ0v) is 8.67. The highest BCUT2D eigenvalue weighted by Crippen LogP contribution is 2.26. The Balaban J connectivity index is 2.64. The maximum absolute atomic E-state index is 5.39. The Bertz CT molecular complexity index is 442. The number of hydrogen-bond donors (Lipinski definition) is 0. The van der Waals surface area contributed by atoms with Crippen LogP contribution in [0.1, 0.15) is 5.56 Å². The van der Waals surface area contributed by atoms with Crippen molar-refractivity contribution in [3.05, 3.63) is 42.7 Å². The maximum atomic E-state index is 5.39. The molecule has 1 nitrogen and oxygen atoms in total. The van der Waals surface area contributed by atoms with Gasteiger partial charge in [0.05, 0.1) is 6.26 Å². The van der Waals surface area contributed by atoms with Gasteiger partial charge in [0.1, 0.15) is 5.58 Å². The van der Waals surface area contributed by atoms with Gasteiger partial charge in [-0.25, -0.2) is 0 Å². The van der Waals surface area contributed by atoms with Crippen molar-refractivity contribution in [3.8, 4) is 0 Å². The lowest BCUT2D eigenvalue weighted by Crippen LogP contribution is -1.79. The summed E-state index contributed by atoms with van der Waals surface area (Å²) in [7, 11) is 0. The molecular weight excluding hydrogens is 228 g/mol. The van der Waals surface area contributed by atoms with Gasteiger partial charge in [0.25, 0.3) is 0 Å². The van der Waals surface area contributed by atoms with Crippen LogP contribution in [0.3, 0.4) is 0 Å². The number of hydrogen-bond acceptors (Lipinski definition) is 1. The summed E-state index contributed by atoms with van der Waals surface area (Å²) < 4.78 is 5.39. The van der Waals surface area contributed by atoms with Crippen LogP contribution in [0.2, 0.25) is 0 Å². The van der Waals surface area contributed by atoms with Gasteiger partial charge in [-0.2, -0.15) is 0 Å². The second kappa shape index (κ2) is 3.38. The first-order valence-corrected chi connectivity index (χ1v) is 5.15. The van der Waals surface area contributed by atoms with Gasteiger partial charge >= 0.3 is 0 Å². The standard InChI is InChI=1S/C11H9BrO/c1-8(6-12)10-7-13-11-5-3-2-4-9(10)11/h2-5,7H,1,6H2. The third-order valence-corrected chi connectivity index (χ3v) is 2.70. The van der Waals surface area contributed by atoms with Crippen LogP contribution in [0.25, 0.3) is 16.5 Å². The van der Waals surface area contributed by atoms with E-state index >= 15 is 0 Å². The van der Waals surface area contributed by atoms with Gasteiger partial charge in [-0.1, -0.05) is 40.7 Å². The predicted octanol–water partition coefficient (Wildman–Crippen LogP) is 3.84. The summed E-state index contributed by atoms with van der Waals surface area (Å²) in [5.41, 5.74) is 3.05. The van der Waals surface area contributed by atoms with E-state index in [9.17, 15) is 0 Å². The van der Waals surface area contributed by atoms with E-state index in [0.717, 1.165) is 27.4 Å². The molecule has 0 fully saturated rings. The van der Waals surface area contributed by atoms with Gasteiger partial charge < -0.3 is 4.42 Å². The summed E-state index contributed by atoms with van der Waals surface area (Å²) in [6.07, 6.45) is 1.76. The molecule has 2 heteroatoms. The Morgan fingerprint density at radius 3 is 2.92 bits per heavy atom. The highest BCUT2D eigenvalue weighted by molar-refractivity contribution is 9.09. The van der Waals surface area contributed by atoms with E-state index in [2.05, 4.69) is 22.5 Å². The van der Waals surface area contributed by atoms with Crippen molar-refractivity contribution in [1.82, 2.24) is 0 Å². The largest absolute Gasteiger partial charge is 0.464 e. The third kappa shape index (κ3) is 1.42. The van der Waals surface area contributed by atoms with E-state index in [1.54, 1.807) is 6.26 Å². The van der Waals surface area contributed by atoms with Crippen molar-refractivity contribution in [3.63, 3.8) is 0 Å². The molecule has 0 saturated carbocycles. The SMILES string of the molecule is C=C(CBr)c1coc2ccccc12. The van der Waals surface area contributed by atoms with E-state index in [1.165, 1.54) is 0 Å². The predicted molar refractivity (Wildman–Crippen MR) is 59.0 cm³/mol. The molecule has 0 spiro atoms. The van der Waals surface area contributed by atoms with E-state index < -0.39 is 0 Å². The minimum Gasteiger partial charge on any atom is -0.464 e. The Labute approximate surface area is 85.2 Å². The summed E-state index contributed by atoms with van der Waals surface area (Å²) in [5, 5.41) is 1.91. The number of allylic oxidation sites excluding steroid dienone is 1. The molecule has 0 N–H and O–H groups in total. The lowest BCUT2D eigenvalue weighted by Gasteiger charge is -1.96. The zero-order chi connectivity index (χ0) is 9.26. The molecule has 0 radical (unpaired) electrons. The number of para-hydroxylation sites is 1. The van der Waals surface area contributed by atoms with E-state index in [0.29, 0.717) is 0 Å². The quantitative estimate of drug-likeness (QED) is 0.723. The van der Waals surface area contributed by atoms with Gasteiger partial charge in [0, 0.05) is 16.3 Å². The van der Waals surface area contributed by atoms with Crippen molar-refractivity contribution < 1.29 is 4.42 Å². The molecule has 0 bridgehead atoms. The average Bonchev–Trinajstić information content (AvgIpc) is 2.60. The van der Waals surface area contributed by atoms with Crippen LogP contribution in [0.5, 0.6) is 0 Å². The number of alkyl halides is 1. The summed E-state index contributed by atoms with van der Waals surface area (Å²) in [6, 6.07) is 7.97. The Morgan fingerprint density at radius 2 is 2.15 bits per heavy atom. The summed E-state index contributed by atoms with van der Waals surface area (Å²) in [6.45, 7) is 3.96. The summed E-state index contributed by atoms with van der Waals surface area (Å²) in [4.78, 5) is 0. The van der Waals surface area contributed by atoms with Crippen LogP contribution in [0, 0.1) is 0 Å². The minimum absolute atomic E-state index is 0.774. The van der Waals surface area contributed by atoms with Gasteiger partial charge in [-0.05, 0) is 11.6 Å². The number of benzene rings is 1. The number of rotatable bonds is 2. The Hall–Kier alpha value is -1.02. The smallest absolute Gasteiger partial charge is 0.134 e. The first kappa shape index (κ1) is 8.57. The molecule has 2 rings (SSSR count). The molecule has 0 aliphatic rings. The monoisotopic (exact) mass is 236 g/mol. The first-order chi connectivity index (χ1) is 6.33. The molecule has 0 saturated heterocycles. The maximum Gasteiger partial charge on any atom is 0.134 e. The molecule has 0 unspecified atom stereocenters. The second-order valence-corrected chi connectivity index (χ2v) is 3.44. The highest BCUT2D eigenvalue weighted by atomic mass is 79.9. The highest BCUT2D eigenvalue weighted by Gasteiger charge is 2.06. The summed E-state index contributed by atoms with van der Waals surface area (Å²) >= 11 is 3.38. The van der Waals surface area contributed by atoms with Crippen molar-refractivity contribution in [2.75, 3.05) is 5.33 Å². The van der Waals surface area contributed by atoms with E-state index in [4.69, 9.17) is 4.42 Å². The fourth-order valence-corrected chi connectivity index (χ4v) is 1.63. The first-order valence-electron chi connectivity index (χ1n) is 4.03. The second-order valence-electron chi connectivity index (χ2n) is 2.88. The number of halogens is 1. The van der Waals surface area contributed by atoms with Gasteiger partial charge in [0.15, 0.2) is 0 Å². The zero-order valence-electron chi connectivity index (χ0n) is 7.09. The van der Waals surface area contributed by atoms with Crippen LogP contribution in [0.15, 0.2) is 41.5 Å². The van der Waals surface area contributed by atoms with Crippen LogP contribution < -0.4 is 0 Å². The molecule has 0 aliphatic carbocycles. The minimum atomic E-state index is 0.774. The van der Waals surface area contributed by atoms with Gasteiger partial charge in [-0.15, -0.1) is 0 Å². The van der Waals surface area contributed by atoms with Gasteiger partial charge in [-0.3, -0.25) is 0 Å². The van der Waals surface area contributed by atoms with Crippen molar-refractivity contribution in [1.29, 1.82) is 0 Å². The lowest BCUT2D eigenvalue weighted by atomic mass is 10.1. The van der Waals surface area contributed by atoms with Crippen LogP contribution in [-0.4, -0.2) is 5.33 Å². The molecule has 0 aliphatic heterocycles. The molecule has 0 amide bonds. The topological polar surface area (TPSA) is 13.1 Å². The fourth-order valence-electron chi connectivity index (χ4n) is 1.32. The van der Waals surface area contributed by atoms with Gasteiger partial charge in [0.2, 0.25) is 0 Å². The molecular formula is C11H9BrO. The molecule has 1 aromatic heterocycles. The number of fused-ring (bicyclic) bond motifs is 1. The number of furan rings is 1. The average molecular weight is 237 g/mol. The molecule has 1 aromatic carbocycles. The molecule has 66 valence electrons. The normalized spacial score (nSPS) is 10.5. The van der Waals surface area contributed by atoms with E-state index in [1.807, 2.05) is 24.3 Å². The molecule has 0 atom stereocenters. The Kier molecular flexibility index (Phi) is 2.23. The van der Waals surface area contributed by atoms with Crippen LogP contribution >= 0.6 is 15.9 Å². The van der Waals surface area contributed by atoms with E-state index in [-0.39, 0.29) is 0 Å². The fraction of sp³-hybridized carbons (Fsp3) is 0.0909.